The van der Waals surface area contributed by atoms with Crippen LogP contribution >= 0.6 is 0 Å². The SMILES string of the molecule is CCCNC(=O)NC(=O)Nc1ccc2c(-c3ccnc(C)c3)n[nH]c2c1. The van der Waals surface area contributed by atoms with E-state index in [-0.39, 0.29) is 0 Å². The third-order valence-corrected chi connectivity index (χ3v) is 3.75. The number of hydrogen-bond acceptors (Lipinski definition) is 4. The number of nitrogens with one attached hydrogen (secondary N) is 4. The molecule has 0 radical (unpaired) electrons. The van der Waals surface area contributed by atoms with Crippen LogP contribution in [-0.4, -0.2) is 33.8 Å². The van der Waals surface area contributed by atoms with Crippen LogP contribution in [0.2, 0.25) is 0 Å². The maximum Gasteiger partial charge on any atom is 0.327 e. The second kappa shape index (κ2) is 7.64. The molecule has 4 amide bonds. The number of H-pyrrole nitrogens is 1. The first-order valence-corrected chi connectivity index (χ1v) is 8.34. The van der Waals surface area contributed by atoms with Crippen LogP contribution in [0.4, 0.5) is 15.3 Å². The van der Waals surface area contributed by atoms with Crippen molar-refractivity contribution in [2.45, 2.75) is 20.3 Å². The number of urea groups is 2. The predicted molar refractivity (Wildman–Crippen MR) is 99.9 cm³/mol. The molecule has 3 aromatic rings. The van der Waals surface area contributed by atoms with Crippen molar-refractivity contribution < 1.29 is 9.59 Å². The molecule has 0 aliphatic rings. The van der Waals surface area contributed by atoms with Crippen LogP contribution in [0.3, 0.4) is 0 Å². The molecule has 134 valence electrons. The molecule has 8 heteroatoms. The minimum absolute atomic E-state index is 0.510. The lowest BCUT2D eigenvalue weighted by molar-refractivity contribution is 0.233. The average Bonchev–Trinajstić information content (AvgIpc) is 3.03. The summed E-state index contributed by atoms with van der Waals surface area (Å²) in [6, 6.07) is 8.14. The van der Waals surface area contributed by atoms with Crippen LogP contribution < -0.4 is 16.0 Å². The Labute approximate surface area is 150 Å². The van der Waals surface area contributed by atoms with Gasteiger partial charge in [0.2, 0.25) is 0 Å². The van der Waals surface area contributed by atoms with E-state index in [2.05, 4.69) is 31.1 Å². The standard InChI is InChI=1S/C18H20N6O2/c1-3-7-20-17(25)22-18(26)21-13-4-5-14-15(10-13)23-24-16(14)12-6-8-19-11(2)9-12/h4-6,8-10H,3,7H2,1-2H3,(H,23,24)(H3,20,21,22,25,26). The van der Waals surface area contributed by atoms with Gasteiger partial charge in [0, 0.05) is 35.1 Å². The normalized spacial score (nSPS) is 10.5. The van der Waals surface area contributed by atoms with Crippen molar-refractivity contribution in [3.8, 4) is 11.3 Å². The largest absolute Gasteiger partial charge is 0.338 e. The smallest absolute Gasteiger partial charge is 0.327 e. The van der Waals surface area contributed by atoms with Crippen molar-refractivity contribution >= 4 is 28.7 Å². The molecule has 8 nitrogen and oxygen atoms in total. The number of anilines is 1. The summed E-state index contributed by atoms with van der Waals surface area (Å²) >= 11 is 0. The number of aryl methyl sites for hydroxylation is 1. The first-order valence-electron chi connectivity index (χ1n) is 8.34. The summed E-state index contributed by atoms with van der Waals surface area (Å²) < 4.78 is 0. The fourth-order valence-corrected chi connectivity index (χ4v) is 2.56. The predicted octanol–water partition coefficient (Wildman–Crippen LogP) is 3.17. The van der Waals surface area contributed by atoms with E-state index >= 15 is 0 Å². The van der Waals surface area contributed by atoms with E-state index in [9.17, 15) is 9.59 Å². The average molecular weight is 352 g/mol. The minimum atomic E-state index is -0.595. The van der Waals surface area contributed by atoms with Gasteiger partial charge in [-0.05, 0) is 43.7 Å². The topological polar surface area (TPSA) is 112 Å². The van der Waals surface area contributed by atoms with E-state index in [4.69, 9.17) is 0 Å². The van der Waals surface area contributed by atoms with Gasteiger partial charge in [-0.3, -0.25) is 15.4 Å². The highest BCUT2D eigenvalue weighted by Crippen LogP contribution is 2.28. The van der Waals surface area contributed by atoms with E-state index in [1.807, 2.05) is 32.0 Å². The van der Waals surface area contributed by atoms with Crippen LogP contribution in [0.1, 0.15) is 19.0 Å². The van der Waals surface area contributed by atoms with E-state index in [1.165, 1.54) is 0 Å². The lowest BCUT2D eigenvalue weighted by atomic mass is 10.1. The Bertz CT molecular complexity index is 950. The summed E-state index contributed by atoms with van der Waals surface area (Å²) in [6.07, 6.45) is 2.54. The molecule has 26 heavy (non-hydrogen) atoms. The van der Waals surface area contributed by atoms with Crippen molar-refractivity contribution in [1.82, 2.24) is 25.8 Å². The molecule has 0 spiro atoms. The lowest BCUT2D eigenvalue weighted by Gasteiger charge is -2.07. The minimum Gasteiger partial charge on any atom is -0.338 e. The van der Waals surface area contributed by atoms with Crippen molar-refractivity contribution in [2.75, 3.05) is 11.9 Å². The quantitative estimate of drug-likeness (QED) is 0.578. The van der Waals surface area contributed by atoms with Crippen molar-refractivity contribution in [3.05, 3.63) is 42.2 Å². The Kier molecular flexibility index (Phi) is 5.12. The molecule has 0 atom stereocenters. The molecular formula is C18H20N6O2. The monoisotopic (exact) mass is 352 g/mol. The highest BCUT2D eigenvalue weighted by Gasteiger charge is 2.11. The van der Waals surface area contributed by atoms with E-state index < -0.39 is 12.1 Å². The molecule has 0 unspecified atom stereocenters. The van der Waals surface area contributed by atoms with E-state index in [0.717, 1.165) is 34.3 Å². The van der Waals surface area contributed by atoms with Crippen LogP contribution in [0.15, 0.2) is 36.5 Å². The number of benzene rings is 1. The third-order valence-electron chi connectivity index (χ3n) is 3.75. The summed E-state index contributed by atoms with van der Waals surface area (Å²) in [5.41, 5.74) is 4.03. The molecule has 0 saturated carbocycles. The summed E-state index contributed by atoms with van der Waals surface area (Å²) in [6.45, 7) is 4.37. The maximum absolute atomic E-state index is 11.9. The molecule has 2 heterocycles. The van der Waals surface area contributed by atoms with E-state index in [0.29, 0.717) is 12.2 Å². The van der Waals surface area contributed by atoms with Crippen LogP contribution in [0.5, 0.6) is 0 Å². The Morgan fingerprint density at radius 1 is 1.15 bits per heavy atom. The molecule has 0 aliphatic carbocycles. The number of fused-ring (bicyclic) bond motifs is 1. The molecule has 0 saturated heterocycles. The summed E-state index contributed by atoms with van der Waals surface area (Å²) in [7, 11) is 0. The molecule has 1 aromatic carbocycles. The van der Waals surface area contributed by atoms with Gasteiger partial charge in [0.15, 0.2) is 0 Å². The van der Waals surface area contributed by atoms with Gasteiger partial charge in [-0.25, -0.2) is 9.59 Å². The Morgan fingerprint density at radius 3 is 2.77 bits per heavy atom. The number of carbonyl (C=O) groups excluding carboxylic acids is 2. The number of aromatic nitrogens is 3. The lowest BCUT2D eigenvalue weighted by Crippen LogP contribution is -2.41. The molecule has 0 aliphatic heterocycles. The maximum atomic E-state index is 11.9. The van der Waals surface area contributed by atoms with E-state index in [1.54, 1.807) is 18.3 Å². The number of imide groups is 1. The Morgan fingerprint density at radius 2 is 2.00 bits per heavy atom. The van der Waals surface area contributed by atoms with Gasteiger partial charge in [0.25, 0.3) is 0 Å². The second-order valence-electron chi connectivity index (χ2n) is 5.85. The summed E-state index contributed by atoms with van der Waals surface area (Å²) in [5.74, 6) is 0. The first-order chi connectivity index (χ1) is 12.6. The number of hydrogen-bond donors (Lipinski definition) is 4. The molecule has 0 fully saturated rings. The second-order valence-corrected chi connectivity index (χ2v) is 5.85. The van der Waals surface area contributed by atoms with Crippen LogP contribution in [0.25, 0.3) is 22.2 Å². The number of aromatic amines is 1. The fourth-order valence-electron chi connectivity index (χ4n) is 2.56. The number of rotatable bonds is 4. The highest BCUT2D eigenvalue weighted by atomic mass is 16.2. The molecule has 4 N–H and O–H groups in total. The molecule has 3 rings (SSSR count). The van der Waals surface area contributed by atoms with Gasteiger partial charge in [-0.1, -0.05) is 6.92 Å². The van der Waals surface area contributed by atoms with Gasteiger partial charge in [0.05, 0.1) is 5.52 Å². The Hall–Kier alpha value is -3.42. The summed E-state index contributed by atoms with van der Waals surface area (Å²) in [4.78, 5) is 27.6. The molecular weight excluding hydrogens is 332 g/mol. The van der Waals surface area contributed by atoms with Crippen molar-refractivity contribution in [1.29, 1.82) is 0 Å². The first kappa shape index (κ1) is 17.4. The van der Waals surface area contributed by atoms with Gasteiger partial charge in [-0.2, -0.15) is 5.10 Å². The Balaban J connectivity index is 1.74. The number of carbonyl (C=O) groups is 2. The van der Waals surface area contributed by atoms with Crippen LogP contribution in [-0.2, 0) is 0 Å². The van der Waals surface area contributed by atoms with Gasteiger partial charge >= 0.3 is 12.1 Å². The molecule has 2 aromatic heterocycles. The zero-order chi connectivity index (χ0) is 18.5. The zero-order valence-electron chi connectivity index (χ0n) is 14.6. The van der Waals surface area contributed by atoms with Gasteiger partial charge in [0.1, 0.15) is 5.69 Å². The van der Waals surface area contributed by atoms with Crippen molar-refractivity contribution in [3.63, 3.8) is 0 Å². The highest BCUT2D eigenvalue weighted by molar-refractivity contribution is 6.02. The fraction of sp³-hybridized carbons (Fsp3) is 0.222. The number of amides is 4. The van der Waals surface area contributed by atoms with Crippen LogP contribution in [0, 0.1) is 6.92 Å². The summed E-state index contributed by atoms with van der Waals surface area (Å²) in [5, 5.41) is 15.7. The number of pyridine rings is 1. The van der Waals surface area contributed by atoms with Gasteiger partial charge < -0.3 is 10.6 Å². The third kappa shape index (κ3) is 3.97. The zero-order valence-corrected chi connectivity index (χ0v) is 14.6. The van der Waals surface area contributed by atoms with Gasteiger partial charge in [-0.15, -0.1) is 0 Å². The van der Waals surface area contributed by atoms with Crippen molar-refractivity contribution in [2.24, 2.45) is 0 Å². The number of nitrogens with zero attached hydrogens (tertiary/aromatic N) is 2. The molecule has 0 bridgehead atoms.